The van der Waals surface area contributed by atoms with Crippen LogP contribution in [0.1, 0.15) is 66.3 Å². The third kappa shape index (κ3) is 5.46. The van der Waals surface area contributed by atoms with Crippen molar-refractivity contribution in [3.8, 4) is 11.1 Å². The van der Waals surface area contributed by atoms with Crippen molar-refractivity contribution in [3.05, 3.63) is 64.5 Å². The number of aryl methyl sites for hydroxylation is 2. The summed E-state index contributed by atoms with van der Waals surface area (Å²) >= 11 is 0. The van der Waals surface area contributed by atoms with Gasteiger partial charge in [-0.25, -0.2) is 17.6 Å². The van der Waals surface area contributed by atoms with E-state index in [4.69, 9.17) is 0 Å². The predicted molar refractivity (Wildman–Crippen MR) is 150 cm³/mol. The van der Waals surface area contributed by atoms with Crippen LogP contribution < -0.4 is 4.90 Å². The second-order valence-electron chi connectivity index (χ2n) is 11.5. The molecule has 1 saturated heterocycles. The standard InChI is InChI=1S/C31H35F4N5O/c1-19(41)39-16-23-10-22(20-5-8-38(9-6-20)18-30(32)33)12-29(27(23)17-39)40-7-3-4-21-11-25(24-14-36-37(2)15-24)26(31(34)35)13-28(21)40/h10-15,20,30-31H,3-9,16-18H2,1-2H3. The Hall–Kier alpha value is -3.40. The zero-order valence-electron chi connectivity index (χ0n) is 23.4. The van der Waals surface area contributed by atoms with Crippen LogP contribution in [0, 0.1) is 0 Å². The number of carbonyl (C=O) groups excluding carboxylic acids is 1. The molecule has 0 N–H and O–H groups in total. The van der Waals surface area contributed by atoms with E-state index in [1.807, 2.05) is 15.9 Å². The Labute approximate surface area is 237 Å². The first-order chi connectivity index (χ1) is 19.7. The monoisotopic (exact) mass is 569 g/mol. The Morgan fingerprint density at radius 3 is 2.44 bits per heavy atom. The number of rotatable bonds is 6. The summed E-state index contributed by atoms with van der Waals surface area (Å²) in [5, 5.41) is 4.19. The van der Waals surface area contributed by atoms with Gasteiger partial charge in [-0.2, -0.15) is 5.10 Å². The number of hydrogen-bond donors (Lipinski definition) is 0. The molecule has 6 rings (SSSR count). The highest BCUT2D eigenvalue weighted by atomic mass is 19.3. The quantitative estimate of drug-likeness (QED) is 0.322. The number of carbonyl (C=O) groups is 1. The van der Waals surface area contributed by atoms with E-state index in [1.165, 1.54) is 0 Å². The highest BCUT2D eigenvalue weighted by Crippen LogP contribution is 2.45. The molecule has 2 aromatic carbocycles. The molecule has 10 heteroatoms. The molecule has 0 aliphatic carbocycles. The summed E-state index contributed by atoms with van der Waals surface area (Å²) < 4.78 is 56.4. The Morgan fingerprint density at radius 2 is 1.78 bits per heavy atom. The van der Waals surface area contributed by atoms with Crippen molar-refractivity contribution in [1.82, 2.24) is 19.6 Å². The van der Waals surface area contributed by atoms with Crippen molar-refractivity contribution < 1.29 is 22.4 Å². The Morgan fingerprint density at radius 1 is 1.00 bits per heavy atom. The number of anilines is 2. The molecular weight excluding hydrogens is 534 g/mol. The van der Waals surface area contributed by atoms with E-state index >= 15 is 0 Å². The van der Waals surface area contributed by atoms with E-state index < -0.39 is 12.9 Å². The van der Waals surface area contributed by atoms with Gasteiger partial charge in [0.25, 0.3) is 12.9 Å². The van der Waals surface area contributed by atoms with Crippen molar-refractivity contribution in [2.75, 3.05) is 31.1 Å². The van der Waals surface area contributed by atoms with E-state index in [-0.39, 0.29) is 23.9 Å². The van der Waals surface area contributed by atoms with E-state index in [0.29, 0.717) is 43.9 Å². The molecular formula is C31H35F4N5O. The molecule has 3 aromatic rings. The molecule has 1 amide bonds. The lowest BCUT2D eigenvalue weighted by atomic mass is 9.86. The third-order valence-corrected chi connectivity index (χ3v) is 8.86. The molecule has 0 bridgehead atoms. The van der Waals surface area contributed by atoms with Gasteiger partial charge in [-0.3, -0.25) is 14.4 Å². The second-order valence-corrected chi connectivity index (χ2v) is 11.5. The number of amides is 1. The summed E-state index contributed by atoms with van der Waals surface area (Å²) in [6.45, 7) is 4.27. The average molecular weight is 570 g/mol. The Bertz CT molecular complexity index is 1450. The zero-order valence-corrected chi connectivity index (χ0v) is 23.4. The molecule has 4 heterocycles. The highest BCUT2D eigenvalue weighted by molar-refractivity contribution is 5.80. The molecule has 3 aliphatic heterocycles. The molecule has 6 nitrogen and oxygen atoms in total. The van der Waals surface area contributed by atoms with Gasteiger partial charge in [0, 0.05) is 67.9 Å². The molecule has 3 aliphatic rings. The molecule has 218 valence electrons. The van der Waals surface area contributed by atoms with Gasteiger partial charge in [-0.05, 0) is 85.1 Å². The number of nitrogens with zero attached hydrogens (tertiary/aromatic N) is 5. The molecule has 0 atom stereocenters. The van der Waals surface area contributed by atoms with Crippen molar-refractivity contribution in [1.29, 1.82) is 0 Å². The van der Waals surface area contributed by atoms with Crippen LogP contribution in [0.25, 0.3) is 11.1 Å². The minimum atomic E-state index is -2.65. The lowest BCUT2D eigenvalue weighted by molar-refractivity contribution is -0.129. The fourth-order valence-corrected chi connectivity index (χ4v) is 6.75. The molecule has 0 unspecified atom stereocenters. The smallest absolute Gasteiger partial charge is 0.264 e. The van der Waals surface area contributed by atoms with Crippen LogP contribution in [0.5, 0.6) is 0 Å². The molecule has 41 heavy (non-hydrogen) atoms. The number of fused-ring (bicyclic) bond motifs is 2. The molecule has 0 radical (unpaired) electrons. The average Bonchev–Trinajstić information content (AvgIpc) is 3.58. The van der Waals surface area contributed by atoms with Gasteiger partial charge in [0.15, 0.2) is 0 Å². The Kier molecular flexibility index (Phi) is 7.52. The number of benzene rings is 2. The fraction of sp³-hybridized carbons (Fsp3) is 0.484. The van der Waals surface area contributed by atoms with Gasteiger partial charge >= 0.3 is 0 Å². The number of likely N-dealkylation sites (tertiary alicyclic amines) is 1. The van der Waals surface area contributed by atoms with Crippen molar-refractivity contribution in [3.63, 3.8) is 0 Å². The van der Waals surface area contributed by atoms with Gasteiger partial charge < -0.3 is 9.80 Å². The number of alkyl halides is 4. The summed E-state index contributed by atoms with van der Waals surface area (Å²) in [6.07, 6.45) is 1.60. The van der Waals surface area contributed by atoms with E-state index in [2.05, 4.69) is 22.1 Å². The van der Waals surface area contributed by atoms with Crippen molar-refractivity contribution >= 4 is 17.3 Å². The summed E-state index contributed by atoms with van der Waals surface area (Å²) in [7, 11) is 1.77. The van der Waals surface area contributed by atoms with Crippen LogP contribution in [0.2, 0.25) is 0 Å². The molecule has 1 aromatic heterocycles. The highest BCUT2D eigenvalue weighted by Gasteiger charge is 2.32. The summed E-state index contributed by atoms with van der Waals surface area (Å²) in [4.78, 5) is 18.2. The minimum absolute atomic E-state index is 0.00542. The normalized spacial score (nSPS) is 18.0. The maximum Gasteiger partial charge on any atom is 0.264 e. The van der Waals surface area contributed by atoms with Gasteiger partial charge in [0.05, 0.1) is 12.7 Å². The van der Waals surface area contributed by atoms with Gasteiger partial charge in [0.2, 0.25) is 5.91 Å². The van der Waals surface area contributed by atoms with Crippen LogP contribution in [-0.4, -0.2) is 58.1 Å². The summed E-state index contributed by atoms with van der Waals surface area (Å²) in [6, 6.07) is 7.88. The first kappa shape index (κ1) is 27.8. The first-order valence-corrected chi connectivity index (χ1v) is 14.3. The molecule has 0 saturated carbocycles. The maximum atomic E-state index is 14.5. The second kappa shape index (κ2) is 11.1. The molecule has 0 spiro atoms. The Balaban J connectivity index is 1.41. The van der Waals surface area contributed by atoms with Crippen LogP contribution in [-0.2, 0) is 31.4 Å². The van der Waals surface area contributed by atoms with Crippen molar-refractivity contribution in [2.24, 2.45) is 7.05 Å². The van der Waals surface area contributed by atoms with E-state index in [0.717, 1.165) is 59.3 Å². The summed E-state index contributed by atoms with van der Waals surface area (Å²) in [5.41, 5.74) is 7.19. The topological polar surface area (TPSA) is 44.6 Å². The van der Waals surface area contributed by atoms with Gasteiger partial charge in [-0.15, -0.1) is 0 Å². The van der Waals surface area contributed by atoms with Crippen molar-refractivity contribution in [2.45, 2.75) is 64.5 Å². The van der Waals surface area contributed by atoms with E-state index in [1.54, 1.807) is 37.1 Å². The fourth-order valence-electron chi connectivity index (χ4n) is 6.75. The maximum absolute atomic E-state index is 14.5. The SMILES string of the molecule is CC(=O)N1Cc2cc(C3CCN(CC(F)F)CC3)cc(N3CCCc4cc(-c5cnn(C)c5)c(C(F)F)cc43)c2C1. The number of hydrogen-bond acceptors (Lipinski definition) is 4. The third-order valence-electron chi connectivity index (χ3n) is 8.86. The number of aromatic nitrogens is 2. The van der Waals surface area contributed by atoms with Gasteiger partial charge in [0.1, 0.15) is 0 Å². The lowest BCUT2D eigenvalue weighted by Gasteiger charge is -2.36. The number of piperidine rings is 1. The first-order valence-electron chi connectivity index (χ1n) is 14.3. The van der Waals surface area contributed by atoms with E-state index in [9.17, 15) is 22.4 Å². The van der Waals surface area contributed by atoms with Crippen LogP contribution in [0.3, 0.4) is 0 Å². The number of halogens is 4. The molecule has 1 fully saturated rings. The summed E-state index contributed by atoms with van der Waals surface area (Å²) in [5.74, 6) is 0.211. The van der Waals surface area contributed by atoms with Crippen LogP contribution in [0.15, 0.2) is 36.7 Å². The lowest BCUT2D eigenvalue weighted by Crippen LogP contribution is -2.36. The predicted octanol–water partition coefficient (Wildman–Crippen LogP) is 6.42. The zero-order chi connectivity index (χ0) is 28.8. The van der Waals surface area contributed by atoms with Gasteiger partial charge in [-0.1, -0.05) is 6.07 Å². The minimum Gasteiger partial charge on any atom is -0.341 e. The largest absolute Gasteiger partial charge is 0.341 e. The van der Waals surface area contributed by atoms with Crippen LogP contribution in [0.4, 0.5) is 28.9 Å². The van der Waals surface area contributed by atoms with Crippen LogP contribution >= 0.6 is 0 Å².